The summed E-state index contributed by atoms with van der Waals surface area (Å²) in [6.45, 7) is 2.39. The first kappa shape index (κ1) is 15.1. The highest BCUT2D eigenvalue weighted by atomic mass is 19.4. The van der Waals surface area contributed by atoms with Crippen molar-refractivity contribution in [3.8, 4) is 0 Å². The van der Waals surface area contributed by atoms with Crippen molar-refractivity contribution in [3.63, 3.8) is 0 Å². The number of carbonyl (C=O) groups excluding carboxylic acids is 1. The molecule has 0 spiro atoms. The van der Waals surface area contributed by atoms with Gasteiger partial charge in [-0.3, -0.25) is 4.79 Å². The number of hydrogen-bond donors (Lipinski definition) is 1. The molecule has 3 rings (SSSR count). The number of halogens is 3. The number of piperidine rings is 1. The highest BCUT2D eigenvalue weighted by molar-refractivity contribution is 5.79. The fourth-order valence-corrected chi connectivity index (χ4v) is 4.20. The molecule has 1 N–H and O–H groups in total. The smallest absolute Gasteiger partial charge is 0.341 e. The summed E-state index contributed by atoms with van der Waals surface area (Å²) in [6, 6.07) is 0.352. The van der Waals surface area contributed by atoms with Gasteiger partial charge < -0.3 is 10.2 Å². The van der Waals surface area contributed by atoms with Gasteiger partial charge in [-0.25, -0.2) is 0 Å². The van der Waals surface area contributed by atoms with E-state index in [0.29, 0.717) is 31.3 Å². The maximum absolute atomic E-state index is 12.9. The second-order valence-corrected chi connectivity index (χ2v) is 6.81. The van der Waals surface area contributed by atoms with Crippen LogP contribution >= 0.6 is 0 Å². The van der Waals surface area contributed by atoms with Gasteiger partial charge in [-0.05, 0) is 44.6 Å². The average Bonchev–Trinajstić information content (AvgIpc) is 2.89. The summed E-state index contributed by atoms with van der Waals surface area (Å²) in [5.41, 5.74) is 0. The number of likely N-dealkylation sites (tertiary alicyclic amines) is 1. The van der Waals surface area contributed by atoms with Gasteiger partial charge in [0.2, 0.25) is 5.91 Å². The van der Waals surface area contributed by atoms with E-state index in [9.17, 15) is 18.0 Å². The molecule has 3 fully saturated rings. The lowest BCUT2D eigenvalue weighted by molar-refractivity contribution is -0.187. The topological polar surface area (TPSA) is 32.3 Å². The molecular weight excluding hydrogens is 281 g/mol. The van der Waals surface area contributed by atoms with Gasteiger partial charge in [0, 0.05) is 25.0 Å². The van der Waals surface area contributed by atoms with Crippen LogP contribution < -0.4 is 5.32 Å². The van der Waals surface area contributed by atoms with Crippen LogP contribution in [-0.2, 0) is 4.79 Å². The number of alkyl halides is 3. The molecule has 120 valence electrons. The molecule has 0 bridgehead atoms. The van der Waals surface area contributed by atoms with Crippen molar-refractivity contribution < 1.29 is 18.0 Å². The molecule has 6 heteroatoms. The number of rotatable bonds is 1. The maximum atomic E-state index is 12.9. The van der Waals surface area contributed by atoms with Gasteiger partial charge in [-0.15, -0.1) is 0 Å². The van der Waals surface area contributed by atoms with Crippen LogP contribution in [0.3, 0.4) is 0 Å². The highest BCUT2D eigenvalue weighted by Crippen LogP contribution is 2.41. The Morgan fingerprint density at radius 1 is 1.10 bits per heavy atom. The van der Waals surface area contributed by atoms with Crippen LogP contribution in [0.2, 0.25) is 0 Å². The fourth-order valence-electron chi connectivity index (χ4n) is 4.20. The first-order valence-electron chi connectivity index (χ1n) is 8.04. The molecule has 2 saturated heterocycles. The van der Waals surface area contributed by atoms with Gasteiger partial charge in [0.1, 0.15) is 0 Å². The Balaban J connectivity index is 1.60. The molecule has 4 unspecified atom stereocenters. The molecule has 2 aliphatic heterocycles. The number of nitrogens with one attached hydrogen (secondary N) is 1. The molecule has 1 saturated carbocycles. The summed E-state index contributed by atoms with van der Waals surface area (Å²) < 4.78 is 38.6. The minimum Gasteiger partial charge on any atom is -0.341 e. The Morgan fingerprint density at radius 2 is 1.90 bits per heavy atom. The number of carbonyl (C=O) groups is 1. The van der Waals surface area contributed by atoms with Crippen LogP contribution in [-0.4, -0.2) is 42.7 Å². The van der Waals surface area contributed by atoms with Gasteiger partial charge in [0.15, 0.2) is 0 Å². The minimum atomic E-state index is -4.15. The van der Waals surface area contributed by atoms with Crippen LogP contribution in [0.4, 0.5) is 13.2 Å². The normalized spacial score (nSPS) is 37.4. The maximum Gasteiger partial charge on any atom is 0.391 e. The molecule has 1 amide bonds. The monoisotopic (exact) mass is 304 g/mol. The lowest BCUT2D eigenvalue weighted by atomic mass is 9.80. The van der Waals surface area contributed by atoms with Crippen LogP contribution in [0.15, 0.2) is 0 Å². The number of fused-ring (bicyclic) bond motifs is 1. The molecule has 0 aromatic rings. The van der Waals surface area contributed by atoms with E-state index in [2.05, 4.69) is 5.32 Å². The van der Waals surface area contributed by atoms with E-state index in [-0.39, 0.29) is 18.7 Å². The summed E-state index contributed by atoms with van der Waals surface area (Å²) >= 11 is 0. The first-order valence-corrected chi connectivity index (χ1v) is 8.04. The van der Waals surface area contributed by atoms with E-state index < -0.39 is 18.0 Å². The second-order valence-electron chi connectivity index (χ2n) is 6.81. The summed E-state index contributed by atoms with van der Waals surface area (Å²) in [4.78, 5) is 14.4. The third kappa shape index (κ3) is 3.20. The van der Waals surface area contributed by atoms with Crippen molar-refractivity contribution in [2.45, 2.75) is 50.7 Å². The van der Waals surface area contributed by atoms with Crippen LogP contribution in [0, 0.1) is 17.8 Å². The lowest BCUT2D eigenvalue weighted by Gasteiger charge is -2.32. The van der Waals surface area contributed by atoms with Crippen LogP contribution in [0.5, 0.6) is 0 Å². The average molecular weight is 304 g/mol. The standard InChI is InChI=1S/C15H23F3N2O/c16-15(17,18)12-5-1-3-10(7-12)14(21)20-8-11-4-2-6-19-13(11)9-20/h10-13,19H,1-9H2. The van der Waals surface area contributed by atoms with E-state index in [1.807, 2.05) is 4.90 Å². The molecule has 2 heterocycles. The summed E-state index contributed by atoms with van der Waals surface area (Å²) in [6.07, 6.45) is -0.606. The molecule has 3 aliphatic rings. The van der Waals surface area contributed by atoms with Gasteiger partial charge in [0.25, 0.3) is 0 Å². The van der Waals surface area contributed by atoms with E-state index in [4.69, 9.17) is 0 Å². The summed E-state index contributed by atoms with van der Waals surface area (Å²) in [7, 11) is 0. The van der Waals surface area contributed by atoms with Gasteiger partial charge >= 0.3 is 6.18 Å². The first-order chi connectivity index (χ1) is 9.95. The van der Waals surface area contributed by atoms with Gasteiger partial charge in [-0.1, -0.05) is 6.42 Å². The minimum absolute atomic E-state index is 0.0123. The van der Waals surface area contributed by atoms with Crippen molar-refractivity contribution >= 4 is 5.91 Å². The van der Waals surface area contributed by atoms with Gasteiger partial charge in [-0.2, -0.15) is 13.2 Å². The Labute approximate surface area is 123 Å². The molecule has 0 radical (unpaired) electrons. The van der Waals surface area contributed by atoms with Crippen LogP contribution in [0.1, 0.15) is 38.5 Å². The molecule has 21 heavy (non-hydrogen) atoms. The third-order valence-electron chi connectivity index (χ3n) is 5.40. The third-order valence-corrected chi connectivity index (χ3v) is 5.40. The van der Waals surface area contributed by atoms with E-state index >= 15 is 0 Å². The fraction of sp³-hybridized carbons (Fsp3) is 0.933. The molecule has 4 atom stereocenters. The van der Waals surface area contributed by atoms with E-state index in [1.54, 1.807) is 0 Å². The van der Waals surface area contributed by atoms with Crippen LogP contribution in [0.25, 0.3) is 0 Å². The summed E-state index contributed by atoms with van der Waals surface area (Å²) in [5.74, 6) is -1.27. The SMILES string of the molecule is O=C(C1CCCC(C(F)(F)F)C1)N1CC2CCCNC2C1. The van der Waals surface area contributed by atoms with Crippen molar-refractivity contribution in [1.29, 1.82) is 0 Å². The quantitative estimate of drug-likeness (QED) is 0.807. The Hall–Kier alpha value is -0.780. The zero-order valence-electron chi connectivity index (χ0n) is 12.2. The molecule has 3 nitrogen and oxygen atoms in total. The van der Waals surface area contributed by atoms with Gasteiger partial charge in [0.05, 0.1) is 5.92 Å². The zero-order chi connectivity index (χ0) is 15.0. The zero-order valence-corrected chi connectivity index (χ0v) is 12.2. The van der Waals surface area contributed by atoms with E-state index in [1.165, 1.54) is 0 Å². The summed E-state index contributed by atoms with van der Waals surface area (Å²) in [5, 5.41) is 3.43. The van der Waals surface area contributed by atoms with Crippen molar-refractivity contribution in [1.82, 2.24) is 10.2 Å². The predicted molar refractivity (Wildman–Crippen MR) is 72.6 cm³/mol. The van der Waals surface area contributed by atoms with E-state index in [0.717, 1.165) is 25.9 Å². The number of amides is 1. The van der Waals surface area contributed by atoms with Crippen molar-refractivity contribution in [3.05, 3.63) is 0 Å². The molecular formula is C15H23F3N2O. The molecule has 0 aromatic carbocycles. The Bertz CT molecular complexity index is 385. The molecule has 0 aromatic heterocycles. The number of nitrogens with zero attached hydrogens (tertiary/aromatic N) is 1. The van der Waals surface area contributed by atoms with Crippen molar-refractivity contribution in [2.75, 3.05) is 19.6 Å². The molecule has 1 aliphatic carbocycles. The Morgan fingerprint density at radius 3 is 2.62 bits per heavy atom. The highest BCUT2D eigenvalue weighted by Gasteiger charge is 2.45. The lowest BCUT2D eigenvalue weighted by Crippen LogP contribution is -2.42. The largest absolute Gasteiger partial charge is 0.391 e. The number of hydrogen-bond acceptors (Lipinski definition) is 2. The van der Waals surface area contributed by atoms with Crippen molar-refractivity contribution in [2.24, 2.45) is 17.8 Å². The second kappa shape index (κ2) is 5.78. The Kier molecular flexibility index (Phi) is 4.17. The predicted octanol–water partition coefficient (Wildman–Crippen LogP) is 2.57.